The van der Waals surface area contributed by atoms with E-state index in [4.69, 9.17) is 5.11 Å². The minimum Gasteiger partial charge on any atom is -0.477 e. The van der Waals surface area contributed by atoms with E-state index in [0.717, 1.165) is 43.2 Å². The van der Waals surface area contributed by atoms with Crippen molar-refractivity contribution in [3.63, 3.8) is 0 Å². The smallest absolute Gasteiger partial charge is 0.346 e. The summed E-state index contributed by atoms with van der Waals surface area (Å²) in [5, 5.41) is 9.00. The van der Waals surface area contributed by atoms with Crippen molar-refractivity contribution in [1.82, 2.24) is 9.62 Å². The maximum Gasteiger partial charge on any atom is 0.346 e. The fraction of sp³-hybridized carbons (Fsp3) is 0.643. The number of piperidine rings is 1. The van der Waals surface area contributed by atoms with Crippen molar-refractivity contribution in [3.8, 4) is 0 Å². The van der Waals surface area contributed by atoms with Gasteiger partial charge in [0, 0.05) is 13.1 Å². The molecule has 6 nitrogen and oxygen atoms in total. The highest BCUT2D eigenvalue weighted by Crippen LogP contribution is 2.25. The lowest BCUT2D eigenvalue weighted by molar-refractivity contribution is 0.0701. The topological polar surface area (TPSA) is 86.7 Å². The summed E-state index contributed by atoms with van der Waals surface area (Å²) >= 11 is 0.797. The van der Waals surface area contributed by atoms with E-state index in [1.54, 1.807) is 6.92 Å². The van der Waals surface area contributed by atoms with Crippen molar-refractivity contribution in [2.24, 2.45) is 5.92 Å². The lowest BCUT2D eigenvalue weighted by Gasteiger charge is -2.30. The maximum atomic E-state index is 12.2. The number of nitrogens with zero attached hydrogens (tertiary/aromatic N) is 1. The van der Waals surface area contributed by atoms with Gasteiger partial charge in [-0.1, -0.05) is 6.92 Å². The van der Waals surface area contributed by atoms with Crippen LogP contribution in [0.2, 0.25) is 0 Å². The van der Waals surface area contributed by atoms with Crippen LogP contribution in [0.3, 0.4) is 0 Å². The molecule has 1 aliphatic heterocycles. The normalized spacial score (nSPS) is 17.7. The number of likely N-dealkylation sites (tertiary alicyclic amines) is 1. The number of carbonyl (C=O) groups is 1. The Balaban J connectivity index is 1.91. The lowest BCUT2D eigenvalue weighted by atomic mass is 9.99. The SMILES string of the molecule is Cc1cc(S(=O)(=O)NCCN2CCC(C)CC2)sc1C(=O)O. The molecule has 1 fully saturated rings. The zero-order chi connectivity index (χ0) is 16.3. The van der Waals surface area contributed by atoms with E-state index in [0.29, 0.717) is 18.7 Å². The van der Waals surface area contributed by atoms with E-state index in [-0.39, 0.29) is 9.09 Å². The van der Waals surface area contributed by atoms with Crippen LogP contribution in [0.15, 0.2) is 10.3 Å². The molecule has 0 aromatic carbocycles. The molecule has 0 amide bonds. The van der Waals surface area contributed by atoms with Crippen LogP contribution in [0.4, 0.5) is 0 Å². The fourth-order valence-corrected chi connectivity index (χ4v) is 4.94. The largest absolute Gasteiger partial charge is 0.477 e. The highest BCUT2D eigenvalue weighted by molar-refractivity contribution is 7.91. The van der Waals surface area contributed by atoms with Crippen LogP contribution in [-0.4, -0.2) is 50.6 Å². The zero-order valence-corrected chi connectivity index (χ0v) is 14.5. The number of hydrogen-bond donors (Lipinski definition) is 2. The molecule has 0 radical (unpaired) electrons. The maximum absolute atomic E-state index is 12.2. The number of carboxylic acid groups (broad SMARTS) is 1. The molecule has 22 heavy (non-hydrogen) atoms. The fourth-order valence-electron chi connectivity index (χ4n) is 2.49. The quantitative estimate of drug-likeness (QED) is 0.820. The Hall–Kier alpha value is -0.960. The van der Waals surface area contributed by atoms with Crippen molar-refractivity contribution in [1.29, 1.82) is 0 Å². The van der Waals surface area contributed by atoms with Crippen molar-refractivity contribution in [3.05, 3.63) is 16.5 Å². The van der Waals surface area contributed by atoms with Gasteiger partial charge < -0.3 is 10.0 Å². The van der Waals surface area contributed by atoms with E-state index in [9.17, 15) is 13.2 Å². The summed E-state index contributed by atoms with van der Waals surface area (Å²) in [6, 6.07) is 1.42. The Bertz CT molecular complexity index is 631. The third-order valence-corrected chi connectivity index (χ3v) is 7.11. The van der Waals surface area contributed by atoms with Gasteiger partial charge in [-0.25, -0.2) is 17.9 Å². The first kappa shape index (κ1) is 17.4. The molecule has 1 aliphatic rings. The standard InChI is InChI=1S/C14H22N2O4S2/c1-10-3-6-16(7-4-10)8-5-15-22(19,20)12-9-11(2)13(21-12)14(17)18/h9-10,15H,3-8H2,1-2H3,(H,17,18). The molecule has 0 bridgehead atoms. The average molecular weight is 346 g/mol. The molecular formula is C14H22N2O4S2. The highest BCUT2D eigenvalue weighted by atomic mass is 32.2. The number of carboxylic acids is 1. The van der Waals surface area contributed by atoms with Crippen LogP contribution >= 0.6 is 11.3 Å². The number of hydrogen-bond acceptors (Lipinski definition) is 5. The summed E-state index contributed by atoms with van der Waals surface area (Å²) in [7, 11) is -3.63. The molecule has 0 atom stereocenters. The molecule has 8 heteroatoms. The predicted molar refractivity (Wildman–Crippen MR) is 86.0 cm³/mol. The van der Waals surface area contributed by atoms with Gasteiger partial charge in [0.2, 0.25) is 10.0 Å². The molecule has 0 spiro atoms. The summed E-state index contributed by atoms with van der Waals surface area (Å²) in [4.78, 5) is 13.3. The first-order valence-corrected chi connectivity index (χ1v) is 9.65. The summed E-state index contributed by atoms with van der Waals surface area (Å²) < 4.78 is 27.0. The molecule has 2 heterocycles. The molecule has 0 unspecified atom stereocenters. The molecule has 2 N–H and O–H groups in total. The number of rotatable bonds is 6. The molecule has 124 valence electrons. The summed E-state index contributed by atoms with van der Waals surface area (Å²) in [6.07, 6.45) is 2.30. The minimum absolute atomic E-state index is 0.0645. The molecule has 1 aromatic rings. The second kappa shape index (κ2) is 7.08. The van der Waals surface area contributed by atoms with Crippen molar-refractivity contribution in [2.75, 3.05) is 26.2 Å². The molecule has 0 aliphatic carbocycles. The van der Waals surface area contributed by atoms with Gasteiger partial charge in [0.15, 0.2) is 0 Å². The third-order valence-electron chi connectivity index (χ3n) is 3.95. The van der Waals surface area contributed by atoms with Crippen LogP contribution in [0.25, 0.3) is 0 Å². The molecular weight excluding hydrogens is 324 g/mol. The summed E-state index contributed by atoms with van der Waals surface area (Å²) in [5.41, 5.74) is 0.475. The Morgan fingerprint density at radius 2 is 2.09 bits per heavy atom. The first-order valence-electron chi connectivity index (χ1n) is 7.35. The number of aryl methyl sites for hydroxylation is 1. The van der Waals surface area contributed by atoms with Crippen LogP contribution < -0.4 is 4.72 Å². The van der Waals surface area contributed by atoms with E-state index in [1.807, 2.05) is 0 Å². The monoisotopic (exact) mass is 346 g/mol. The van der Waals surface area contributed by atoms with Crippen LogP contribution in [-0.2, 0) is 10.0 Å². The Kier molecular flexibility index (Phi) is 5.60. The van der Waals surface area contributed by atoms with E-state index in [2.05, 4.69) is 16.5 Å². The number of aromatic carboxylic acids is 1. The molecule has 0 saturated carbocycles. The van der Waals surface area contributed by atoms with Gasteiger partial charge >= 0.3 is 5.97 Å². The van der Waals surface area contributed by atoms with E-state index >= 15 is 0 Å². The summed E-state index contributed by atoms with van der Waals surface area (Å²) in [6.45, 7) is 6.87. The van der Waals surface area contributed by atoms with Gasteiger partial charge in [-0.2, -0.15) is 0 Å². The van der Waals surface area contributed by atoms with Gasteiger partial charge in [0.05, 0.1) is 0 Å². The molecule has 1 aromatic heterocycles. The Morgan fingerprint density at radius 1 is 1.45 bits per heavy atom. The van der Waals surface area contributed by atoms with E-state index < -0.39 is 16.0 Å². The third kappa shape index (κ3) is 4.28. The van der Waals surface area contributed by atoms with Crippen LogP contribution in [0.1, 0.15) is 35.0 Å². The predicted octanol–water partition coefficient (Wildman–Crippen LogP) is 1.76. The van der Waals surface area contributed by atoms with Crippen LogP contribution in [0, 0.1) is 12.8 Å². The van der Waals surface area contributed by atoms with Gasteiger partial charge in [-0.15, -0.1) is 11.3 Å². The molecule has 1 saturated heterocycles. The first-order chi connectivity index (χ1) is 10.3. The molecule has 2 rings (SSSR count). The summed E-state index contributed by atoms with van der Waals surface area (Å²) in [5.74, 6) is -0.345. The van der Waals surface area contributed by atoms with Crippen molar-refractivity contribution in [2.45, 2.75) is 30.9 Å². The zero-order valence-electron chi connectivity index (χ0n) is 12.8. The van der Waals surface area contributed by atoms with Crippen molar-refractivity contribution < 1.29 is 18.3 Å². The second-order valence-corrected chi connectivity index (χ2v) is 8.85. The minimum atomic E-state index is -3.63. The average Bonchev–Trinajstić information content (AvgIpc) is 2.84. The Labute approximate surface area is 135 Å². The van der Waals surface area contributed by atoms with Gasteiger partial charge in [0.25, 0.3) is 0 Å². The van der Waals surface area contributed by atoms with Gasteiger partial charge in [-0.05, 0) is 50.4 Å². The Morgan fingerprint density at radius 3 is 2.64 bits per heavy atom. The van der Waals surface area contributed by atoms with E-state index in [1.165, 1.54) is 6.07 Å². The number of sulfonamides is 1. The number of thiophene rings is 1. The highest BCUT2D eigenvalue weighted by Gasteiger charge is 2.22. The second-order valence-electron chi connectivity index (χ2n) is 5.80. The van der Waals surface area contributed by atoms with Crippen molar-refractivity contribution >= 4 is 27.3 Å². The van der Waals surface area contributed by atoms with Gasteiger partial charge in [-0.3, -0.25) is 0 Å². The lowest BCUT2D eigenvalue weighted by Crippen LogP contribution is -2.39. The number of nitrogens with one attached hydrogen (secondary N) is 1. The van der Waals surface area contributed by atoms with Gasteiger partial charge in [0.1, 0.15) is 9.09 Å². The van der Waals surface area contributed by atoms with Crippen LogP contribution in [0.5, 0.6) is 0 Å².